The van der Waals surface area contributed by atoms with E-state index in [9.17, 15) is 9.59 Å². The highest BCUT2D eigenvalue weighted by Crippen LogP contribution is 2.22. The Balaban J connectivity index is 1.56. The van der Waals surface area contributed by atoms with Gasteiger partial charge in [-0.3, -0.25) is 4.79 Å². The lowest BCUT2D eigenvalue weighted by molar-refractivity contribution is -0.111. The number of unbranched alkanes of at least 4 members (excludes halogenated alkanes) is 1. The average Bonchev–Trinajstić information content (AvgIpc) is 3.10. The van der Waals surface area contributed by atoms with Crippen molar-refractivity contribution in [1.82, 2.24) is 4.98 Å². The molecule has 0 aliphatic rings. The SMILES string of the molecule is CCCCOC(=O)c1ccc(NC(=O)C=Cc2nc3ccccc3s2)cc1. The first kappa shape index (κ1) is 18.8. The highest BCUT2D eigenvalue weighted by molar-refractivity contribution is 7.19. The van der Waals surface area contributed by atoms with Gasteiger partial charge in [0.25, 0.3) is 0 Å². The predicted octanol–water partition coefficient (Wildman–Crippen LogP) is 4.91. The van der Waals surface area contributed by atoms with Crippen molar-refractivity contribution in [3.8, 4) is 0 Å². The molecule has 1 amide bonds. The Morgan fingerprint density at radius 1 is 1.15 bits per heavy atom. The number of thiazole rings is 1. The molecular formula is C21H20N2O3S. The number of para-hydroxylation sites is 1. The van der Waals surface area contributed by atoms with Crippen LogP contribution in [0.3, 0.4) is 0 Å². The molecule has 0 aliphatic heterocycles. The summed E-state index contributed by atoms with van der Waals surface area (Å²) in [6.07, 6.45) is 4.97. The number of benzene rings is 2. The van der Waals surface area contributed by atoms with Gasteiger partial charge in [0.2, 0.25) is 5.91 Å². The molecule has 2 aromatic carbocycles. The zero-order valence-electron chi connectivity index (χ0n) is 15.0. The minimum absolute atomic E-state index is 0.257. The van der Waals surface area contributed by atoms with Crippen molar-refractivity contribution in [3.63, 3.8) is 0 Å². The zero-order valence-corrected chi connectivity index (χ0v) is 15.8. The molecule has 0 saturated carbocycles. The fraction of sp³-hybridized carbons (Fsp3) is 0.190. The molecule has 0 spiro atoms. The van der Waals surface area contributed by atoms with Crippen molar-refractivity contribution in [2.24, 2.45) is 0 Å². The molecule has 1 aromatic heterocycles. The van der Waals surface area contributed by atoms with Gasteiger partial charge in [-0.25, -0.2) is 9.78 Å². The molecule has 5 nitrogen and oxygen atoms in total. The van der Waals surface area contributed by atoms with E-state index in [1.165, 1.54) is 17.4 Å². The molecule has 0 radical (unpaired) electrons. The maximum absolute atomic E-state index is 12.1. The Kier molecular flexibility index (Phi) is 6.33. The normalized spacial score (nSPS) is 11.0. The molecule has 1 heterocycles. The smallest absolute Gasteiger partial charge is 0.338 e. The standard InChI is InChI=1S/C21H20N2O3S/c1-2-3-14-26-21(25)15-8-10-16(11-9-15)22-19(24)12-13-20-23-17-6-4-5-7-18(17)27-20/h4-13H,2-3,14H2,1H3,(H,22,24). The first-order valence-electron chi connectivity index (χ1n) is 8.77. The molecule has 0 unspecified atom stereocenters. The van der Waals surface area contributed by atoms with E-state index in [2.05, 4.69) is 10.3 Å². The maximum atomic E-state index is 12.1. The molecule has 0 aliphatic carbocycles. The van der Waals surface area contributed by atoms with Crippen LogP contribution in [0.25, 0.3) is 16.3 Å². The lowest BCUT2D eigenvalue weighted by atomic mass is 10.2. The minimum Gasteiger partial charge on any atom is -0.462 e. The molecule has 0 bridgehead atoms. The Bertz CT molecular complexity index is 928. The van der Waals surface area contributed by atoms with Gasteiger partial charge in [-0.1, -0.05) is 25.5 Å². The molecule has 0 saturated heterocycles. The fourth-order valence-electron chi connectivity index (χ4n) is 2.37. The highest BCUT2D eigenvalue weighted by atomic mass is 32.1. The quantitative estimate of drug-likeness (QED) is 0.359. The predicted molar refractivity (Wildman–Crippen MR) is 109 cm³/mol. The average molecular weight is 380 g/mol. The molecule has 0 fully saturated rings. The van der Waals surface area contributed by atoms with Gasteiger partial charge < -0.3 is 10.1 Å². The minimum atomic E-state index is -0.350. The summed E-state index contributed by atoms with van der Waals surface area (Å²) in [5.74, 6) is -0.607. The van der Waals surface area contributed by atoms with Crippen LogP contribution in [-0.2, 0) is 9.53 Å². The number of nitrogens with one attached hydrogen (secondary N) is 1. The van der Waals surface area contributed by atoms with Crippen LogP contribution in [0.15, 0.2) is 54.6 Å². The molecule has 3 rings (SSSR count). The third kappa shape index (κ3) is 5.24. The summed E-state index contributed by atoms with van der Waals surface area (Å²) >= 11 is 1.53. The Labute approximate surface area is 161 Å². The van der Waals surface area contributed by atoms with Crippen LogP contribution in [0, 0.1) is 0 Å². The van der Waals surface area contributed by atoms with Crippen molar-refractivity contribution in [1.29, 1.82) is 0 Å². The number of carbonyl (C=O) groups is 2. The van der Waals surface area contributed by atoms with E-state index in [4.69, 9.17) is 4.74 Å². The Morgan fingerprint density at radius 2 is 1.93 bits per heavy atom. The van der Waals surface area contributed by atoms with Crippen LogP contribution in [0.1, 0.15) is 35.1 Å². The molecule has 0 atom stereocenters. The summed E-state index contributed by atoms with van der Waals surface area (Å²) in [5, 5.41) is 3.54. The number of carbonyl (C=O) groups excluding carboxylic acids is 2. The Morgan fingerprint density at radius 3 is 2.67 bits per heavy atom. The summed E-state index contributed by atoms with van der Waals surface area (Å²) in [7, 11) is 0. The number of aromatic nitrogens is 1. The van der Waals surface area contributed by atoms with E-state index in [0.717, 1.165) is 28.1 Å². The first-order valence-corrected chi connectivity index (χ1v) is 9.59. The lowest BCUT2D eigenvalue weighted by Crippen LogP contribution is -2.09. The molecule has 3 aromatic rings. The van der Waals surface area contributed by atoms with Crippen LogP contribution in [0.5, 0.6) is 0 Å². The number of hydrogen-bond acceptors (Lipinski definition) is 5. The van der Waals surface area contributed by atoms with Crippen molar-refractivity contribution in [2.45, 2.75) is 19.8 Å². The summed E-state index contributed by atoms with van der Waals surface area (Å²) < 4.78 is 6.24. The van der Waals surface area contributed by atoms with E-state index in [1.807, 2.05) is 31.2 Å². The monoisotopic (exact) mass is 380 g/mol. The molecular weight excluding hydrogens is 360 g/mol. The second-order valence-electron chi connectivity index (χ2n) is 5.91. The molecule has 1 N–H and O–H groups in total. The van der Waals surface area contributed by atoms with Gasteiger partial charge in [-0.05, 0) is 48.9 Å². The number of ether oxygens (including phenoxy) is 1. The van der Waals surface area contributed by atoms with Crippen molar-refractivity contribution >= 4 is 45.2 Å². The molecule has 27 heavy (non-hydrogen) atoms. The summed E-state index contributed by atoms with van der Waals surface area (Å²) in [4.78, 5) is 28.4. The zero-order chi connectivity index (χ0) is 19.1. The molecule has 138 valence electrons. The van der Waals surface area contributed by atoms with Crippen LogP contribution in [0.4, 0.5) is 5.69 Å². The Hall–Kier alpha value is -2.99. The van der Waals surface area contributed by atoms with Crippen molar-refractivity contribution in [2.75, 3.05) is 11.9 Å². The fourth-order valence-corrected chi connectivity index (χ4v) is 3.24. The van der Waals surface area contributed by atoms with E-state index >= 15 is 0 Å². The number of amides is 1. The van der Waals surface area contributed by atoms with E-state index < -0.39 is 0 Å². The second kappa shape index (κ2) is 9.09. The summed E-state index contributed by atoms with van der Waals surface area (Å²) in [6.45, 7) is 2.46. The number of nitrogens with zero attached hydrogens (tertiary/aromatic N) is 1. The van der Waals surface area contributed by atoms with Gasteiger partial charge in [0.15, 0.2) is 0 Å². The third-order valence-corrected chi connectivity index (χ3v) is 4.81. The van der Waals surface area contributed by atoms with Crippen LogP contribution in [-0.4, -0.2) is 23.5 Å². The summed E-state index contributed by atoms with van der Waals surface area (Å²) in [6, 6.07) is 14.5. The third-order valence-electron chi connectivity index (χ3n) is 3.81. The van der Waals surface area contributed by atoms with E-state index in [-0.39, 0.29) is 11.9 Å². The number of fused-ring (bicyclic) bond motifs is 1. The number of esters is 1. The number of hydrogen-bond donors (Lipinski definition) is 1. The van der Waals surface area contributed by atoms with Crippen molar-refractivity contribution < 1.29 is 14.3 Å². The van der Waals surface area contributed by atoms with Gasteiger partial charge >= 0.3 is 5.97 Å². The number of anilines is 1. The van der Waals surface area contributed by atoms with Crippen molar-refractivity contribution in [3.05, 3.63) is 65.2 Å². The van der Waals surface area contributed by atoms with E-state index in [1.54, 1.807) is 30.3 Å². The number of rotatable bonds is 7. The topological polar surface area (TPSA) is 68.3 Å². The summed E-state index contributed by atoms with van der Waals surface area (Å²) in [5.41, 5.74) is 2.00. The van der Waals surface area contributed by atoms with Gasteiger partial charge in [-0.2, -0.15) is 0 Å². The van der Waals surface area contributed by atoms with Gasteiger partial charge in [0.1, 0.15) is 5.01 Å². The van der Waals surface area contributed by atoms with Gasteiger partial charge in [0.05, 0.1) is 22.4 Å². The van der Waals surface area contributed by atoms with Crippen LogP contribution >= 0.6 is 11.3 Å². The first-order chi connectivity index (χ1) is 13.2. The van der Waals surface area contributed by atoms with Gasteiger partial charge in [0, 0.05) is 11.8 Å². The van der Waals surface area contributed by atoms with Crippen LogP contribution < -0.4 is 5.32 Å². The van der Waals surface area contributed by atoms with E-state index in [0.29, 0.717) is 17.9 Å². The van der Waals surface area contributed by atoms with Gasteiger partial charge in [-0.15, -0.1) is 11.3 Å². The second-order valence-corrected chi connectivity index (χ2v) is 6.97. The van der Waals surface area contributed by atoms with Crippen LogP contribution in [0.2, 0.25) is 0 Å². The maximum Gasteiger partial charge on any atom is 0.338 e. The highest BCUT2D eigenvalue weighted by Gasteiger charge is 2.07. The largest absolute Gasteiger partial charge is 0.462 e. The molecule has 6 heteroatoms. The lowest BCUT2D eigenvalue weighted by Gasteiger charge is -2.05.